The fourth-order valence-electron chi connectivity index (χ4n) is 1.76. The summed E-state index contributed by atoms with van der Waals surface area (Å²) in [6.07, 6.45) is 1.59. The molecule has 1 amide bonds. The Morgan fingerprint density at radius 3 is 2.55 bits per heavy atom. The van der Waals surface area contributed by atoms with Gasteiger partial charge in [-0.15, -0.1) is 0 Å². The summed E-state index contributed by atoms with van der Waals surface area (Å²) in [5.41, 5.74) is 0.530. The molecule has 0 saturated carbocycles. The molecule has 1 aromatic rings. The van der Waals surface area contributed by atoms with Crippen molar-refractivity contribution in [1.82, 2.24) is 15.1 Å². The molecule has 0 aliphatic rings. The smallest absolute Gasteiger partial charge is 0.254 e. The lowest BCUT2D eigenvalue weighted by Gasteiger charge is -2.27. The van der Waals surface area contributed by atoms with Gasteiger partial charge in [0, 0.05) is 18.8 Å². The number of hydrogen-bond acceptors (Lipinski definition) is 3. The van der Waals surface area contributed by atoms with Crippen molar-refractivity contribution in [2.45, 2.75) is 53.7 Å². The van der Waals surface area contributed by atoms with E-state index >= 15 is 0 Å². The Balaban J connectivity index is 2.72. The van der Waals surface area contributed by atoms with Crippen LogP contribution in [0, 0.1) is 18.8 Å². The van der Waals surface area contributed by atoms with Gasteiger partial charge in [0.1, 0.15) is 0 Å². The zero-order valence-corrected chi connectivity index (χ0v) is 13.4. The van der Waals surface area contributed by atoms with Gasteiger partial charge in [-0.05, 0) is 25.7 Å². The van der Waals surface area contributed by atoms with Crippen LogP contribution in [0.4, 0.5) is 0 Å². The molecule has 2 N–H and O–H groups in total. The predicted molar refractivity (Wildman–Crippen MR) is 79.6 cm³/mol. The third-order valence-electron chi connectivity index (χ3n) is 3.74. The summed E-state index contributed by atoms with van der Waals surface area (Å²) in [6.45, 7) is 12.7. The molecule has 0 fully saturated rings. The van der Waals surface area contributed by atoms with Crippen molar-refractivity contribution in [3.05, 3.63) is 17.5 Å². The van der Waals surface area contributed by atoms with E-state index in [1.807, 2.05) is 25.5 Å². The first-order valence-corrected chi connectivity index (χ1v) is 7.18. The number of aliphatic hydroxyl groups is 1. The van der Waals surface area contributed by atoms with Gasteiger partial charge in [0.05, 0.1) is 17.4 Å². The third kappa shape index (κ3) is 4.07. The first-order valence-electron chi connectivity index (χ1n) is 7.18. The Kier molecular flexibility index (Phi) is 5.34. The summed E-state index contributed by atoms with van der Waals surface area (Å²) in [6, 6.07) is 0. The molecule has 0 aromatic carbocycles. The van der Waals surface area contributed by atoms with Crippen LogP contribution in [-0.2, 0) is 6.54 Å². The molecule has 114 valence electrons. The minimum absolute atomic E-state index is 0.0764. The molecular formula is C15H27N3O2. The third-order valence-corrected chi connectivity index (χ3v) is 3.74. The molecule has 1 heterocycles. The number of nitrogens with one attached hydrogen (secondary N) is 1. The van der Waals surface area contributed by atoms with Crippen LogP contribution in [0.15, 0.2) is 6.20 Å². The Labute approximate surface area is 121 Å². The minimum Gasteiger partial charge on any atom is -0.388 e. The largest absolute Gasteiger partial charge is 0.388 e. The van der Waals surface area contributed by atoms with Crippen molar-refractivity contribution in [2.24, 2.45) is 11.8 Å². The van der Waals surface area contributed by atoms with E-state index in [0.717, 1.165) is 12.2 Å². The maximum Gasteiger partial charge on any atom is 0.254 e. The number of amides is 1. The molecule has 0 spiro atoms. The van der Waals surface area contributed by atoms with Gasteiger partial charge < -0.3 is 10.4 Å². The number of nitrogens with zero attached hydrogens (tertiary/aromatic N) is 2. The van der Waals surface area contributed by atoms with E-state index < -0.39 is 5.60 Å². The lowest BCUT2D eigenvalue weighted by Crippen LogP contribution is -2.44. The van der Waals surface area contributed by atoms with Crippen LogP contribution in [0.1, 0.15) is 50.7 Å². The molecule has 1 unspecified atom stereocenters. The molecular weight excluding hydrogens is 254 g/mol. The van der Waals surface area contributed by atoms with Crippen molar-refractivity contribution >= 4 is 5.91 Å². The summed E-state index contributed by atoms with van der Waals surface area (Å²) in [4.78, 5) is 12.2. The Bertz CT molecular complexity index is 462. The second kappa shape index (κ2) is 6.39. The summed E-state index contributed by atoms with van der Waals surface area (Å²) < 4.78 is 1.85. The molecule has 0 saturated heterocycles. The van der Waals surface area contributed by atoms with Crippen molar-refractivity contribution < 1.29 is 9.90 Å². The normalized spacial score (nSPS) is 14.7. The van der Waals surface area contributed by atoms with Crippen LogP contribution in [0.5, 0.6) is 0 Å². The van der Waals surface area contributed by atoms with Crippen molar-refractivity contribution in [1.29, 1.82) is 0 Å². The van der Waals surface area contributed by atoms with Gasteiger partial charge in [0.15, 0.2) is 0 Å². The number of rotatable bonds is 6. The summed E-state index contributed by atoms with van der Waals surface area (Å²) in [5, 5.41) is 17.2. The average molecular weight is 281 g/mol. The topological polar surface area (TPSA) is 67.2 Å². The first-order chi connectivity index (χ1) is 9.15. The number of aromatic nitrogens is 2. The molecule has 1 rings (SSSR count). The summed E-state index contributed by atoms with van der Waals surface area (Å²) >= 11 is 0. The Morgan fingerprint density at radius 1 is 1.45 bits per heavy atom. The van der Waals surface area contributed by atoms with E-state index in [0.29, 0.717) is 11.5 Å². The summed E-state index contributed by atoms with van der Waals surface area (Å²) in [5.74, 6) is 0.372. The van der Waals surface area contributed by atoms with Gasteiger partial charge in [0.2, 0.25) is 0 Å². The average Bonchev–Trinajstić information content (AvgIpc) is 2.67. The van der Waals surface area contributed by atoms with Crippen molar-refractivity contribution in [3.63, 3.8) is 0 Å². The van der Waals surface area contributed by atoms with E-state index in [-0.39, 0.29) is 18.4 Å². The summed E-state index contributed by atoms with van der Waals surface area (Å²) in [7, 11) is 0. The molecule has 0 aliphatic heterocycles. The first kappa shape index (κ1) is 16.7. The van der Waals surface area contributed by atoms with Gasteiger partial charge >= 0.3 is 0 Å². The van der Waals surface area contributed by atoms with Gasteiger partial charge in [-0.2, -0.15) is 5.10 Å². The highest BCUT2D eigenvalue weighted by molar-refractivity contribution is 5.95. The van der Waals surface area contributed by atoms with Crippen LogP contribution in [-0.4, -0.2) is 32.9 Å². The Hall–Kier alpha value is -1.36. The molecule has 1 aromatic heterocycles. The van der Waals surface area contributed by atoms with Crippen molar-refractivity contribution in [3.8, 4) is 0 Å². The van der Waals surface area contributed by atoms with E-state index in [1.54, 1.807) is 13.1 Å². The lowest BCUT2D eigenvalue weighted by molar-refractivity contribution is 0.0142. The highest BCUT2D eigenvalue weighted by Gasteiger charge is 2.26. The Morgan fingerprint density at radius 2 is 2.05 bits per heavy atom. The molecule has 5 nitrogen and oxygen atoms in total. The molecule has 5 heteroatoms. The predicted octanol–water partition coefficient (Wildman–Crippen LogP) is 1.98. The molecule has 1 atom stereocenters. The molecule has 0 bridgehead atoms. The van der Waals surface area contributed by atoms with Gasteiger partial charge in [-0.25, -0.2) is 0 Å². The van der Waals surface area contributed by atoms with Crippen LogP contribution in [0.25, 0.3) is 0 Å². The van der Waals surface area contributed by atoms with E-state index in [4.69, 9.17) is 0 Å². The van der Waals surface area contributed by atoms with Gasteiger partial charge in [0.25, 0.3) is 5.91 Å². The maximum absolute atomic E-state index is 12.2. The van der Waals surface area contributed by atoms with Crippen molar-refractivity contribution in [2.75, 3.05) is 6.54 Å². The maximum atomic E-state index is 12.2. The van der Waals surface area contributed by atoms with E-state index in [9.17, 15) is 9.90 Å². The van der Waals surface area contributed by atoms with Crippen LogP contribution in [0.3, 0.4) is 0 Å². The van der Waals surface area contributed by atoms with Crippen LogP contribution >= 0.6 is 0 Å². The molecule has 20 heavy (non-hydrogen) atoms. The number of carbonyl (C=O) groups is 1. The second-order valence-electron chi connectivity index (χ2n) is 6.41. The number of carbonyl (C=O) groups excluding carboxylic acids is 1. The quantitative estimate of drug-likeness (QED) is 0.838. The number of hydrogen-bond donors (Lipinski definition) is 2. The van der Waals surface area contributed by atoms with Gasteiger partial charge in [-0.3, -0.25) is 9.48 Å². The lowest BCUT2D eigenvalue weighted by atomic mass is 9.92. The second-order valence-corrected chi connectivity index (χ2v) is 6.41. The van der Waals surface area contributed by atoms with Gasteiger partial charge in [-0.1, -0.05) is 27.7 Å². The molecule has 0 aliphatic carbocycles. The van der Waals surface area contributed by atoms with E-state index in [2.05, 4.69) is 24.3 Å². The highest BCUT2D eigenvalue weighted by atomic mass is 16.3. The monoisotopic (exact) mass is 281 g/mol. The zero-order chi connectivity index (χ0) is 15.5. The molecule has 0 radical (unpaired) electrons. The van der Waals surface area contributed by atoms with E-state index in [1.165, 1.54) is 0 Å². The standard InChI is InChI=1S/C15H27N3O2/c1-10(2)8-18-12(5)13(7-17-18)14(19)16-9-15(6,20)11(3)4/h7,10-11,20H,8-9H2,1-6H3,(H,16,19). The highest BCUT2D eigenvalue weighted by Crippen LogP contribution is 2.15. The zero-order valence-electron chi connectivity index (χ0n) is 13.4. The fourth-order valence-corrected chi connectivity index (χ4v) is 1.76. The minimum atomic E-state index is -0.905. The van der Waals surface area contributed by atoms with Crippen LogP contribution in [0.2, 0.25) is 0 Å². The SMILES string of the molecule is Cc1c(C(=O)NCC(C)(O)C(C)C)cnn1CC(C)C. The van der Waals surface area contributed by atoms with Crippen LogP contribution < -0.4 is 5.32 Å². The fraction of sp³-hybridized carbons (Fsp3) is 0.733.